The number of ether oxygens (including phenoxy) is 2. The van der Waals surface area contributed by atoms with Crippen LogP contribution in [-0.4, -0.2) is 32.3 Å². The number of anilines is 1. The van der Waals surface area contributed by atoms with Crippen molar-refractivity contribution in [2.75, 3.05) is 25.6 Å². The summed E-state index contributed by atoms with van der Waals surface area (Å²) < 4.78 is 10.3. The van der Waals surface area contributed by atoms with Gasteiger partial charge < -0.3 is 20.1 Å². The maximum absolute atomic E-state index is 11.9. The van der Waals surface area contributed by atoms with Crippen LogP contribution in [0.2, 0.25) is 0 Å². The van der Waals surface area contributed by atoms with Crippen LogP contribution in [0.15, 0.2) is 48.5 Å². The molecule has 2 aromatic rings. The zero-order valence-electron chi connectivity index (χ0n) is 15.2. The second-order valence-corrected chi connectivity index (χ2v) is 6.03. The van der Waals surface area contributed by atoms with Crippen molar-refractivity contribution in [3.8, 4) is 5.75 Å². The Morgan fingerprint density at radius 2 is 1.85 bits per heavy atom. The third kappa shape index (κ3) is 5.81. The lowest BCUT2D eigenvalue weighted by atomic mass is 10.0. The molecule has 0 aliphatic rings. The summed E-state index contributed by atoms with van der Waals surface area (Å²) in [5, 5.41) is 5.38. The molecule has 2 N–H and O–H groups in total. The predicted octanol–water partition coefficient (Wildman–Crippen LogP) is 3.80. The van der Waals surface area contributed by atoms with E-state index in [0.29, 0.717) is 30.3 Å². The van der Waals surface area contributed by atoms with Crippen LogP contribution >= 0.6 is 0 Å². The lowest BCUT2D eigenvalue weighted by Crippen LogP contribution is -2.32. The second-order valence-electron chi connectivity index (χ2n) is 6.03. The first kappa shape index (κ1) is 19.3. The first-order valence-corrected chi connectivity index (χ1v) is 8.45. The number of carbonyl (C=O) groups is 2. The number of hydrogen-bond acceptors (Lipinski definition) is 4. The van der Waals surface area contributed by atoms with Gasteiger partial charge in [-0.1, -0.05) is 32.0 Å². The largest absolute Gasteiger partial charge is 0.492 e. The van der Waals surface area contributed by atoms with Gasteiger partial charge in [0.25, 0.3) is 0 Å². The van der Waals surface area contributed by atoms with Crippen LogP contribution in [0.4, 0.5) is 10.5 Å². The van der Waals surface area contributed by atoms with Gasteiger partial charge in [-0.25, -0.2) is 9.59 Å². The Balaban J connectivity index is 1.77. The van der Waals surface area contributed by atoms with Gasteiger partial charge in [-0.2, -0.15) is 0 Å². The first-order valence-electron chi connectivity index (χ1n) is 8.45. The first-order chi connectivity index (χ1) is 12.5. The molecule has 0 unspecified atom stereocenters. The molecule has 26 heavy (non-hydrogen) atoms. The number of urea groups is 1. The number of hydrogen-bond donors (Lipinski definition) is 2. The molecule has 0 aliphatic carbocycles. The molecule has 6 heteroatoms. The van der Waals surface area contributed by atoms with Crippen molar-refractivity contribution in [3.63, 3.8) is 0 Å². The molecule has 0 heterocycles. The number of carbonyl (C=O) groups excluding carboxylic acids is 2. The Hall–Kier alpha value is -3.02. The predicted molar refractivity (Wildman–Crippen MR) is 101 cm³/mol. The van der Waals surface area contributed by atoms with Gasteiger partial charge >= 0.3 is 12.0 Å². The molecular formula is C20H24N2O4. The van der Waals surface area contributed by atoms with E-state index >= 15 is 0 Å². The summed E-state index contributed by atoms with van der Waals surface area (Å²) in [5.41, 5.74) is 2.09. The summed E-state index contributed by atoms with van der Waals surface area (Å²) in [6.45, 7) is 4.96. The number of benzene rings is 2. The summed E-state index contributed by atoms with van der Waals surface area (Å²) in [4.78, 5) is 23.4. The summed E-state index contributed by atoms with van der Waals surface area (Å²) in [7, 11) is 1.31. The van der Waals surface area contributed by atoms with Crippen molar-refractivity contribution in [1.82, 2.24) is 5.32 Å². The summed E-state index contributed by atoms with van der Waals surface area (Å²) in [6, 6.07) is 14.1. The van der Waals surface area contributed by atoms with E-state index in [2.05, 4.69) is 35.3 Å². The third-order valence-corrected chi connectivity index (χ3v) is 3.72. The Morgan fingerprint density at radius 1 is 1.08 bits per heavy atom. The van der Waals surface area contributed by atoms with Crippen LogP contribution in [0.25, 0.3) is 0 Å². The molecule has 0 spiro atoms. The van der Waals surface area contributed by atoms with Gasteiger partial charge in [-0.05, 0) is 41.8 Å². The van der Waals surface area contributed by atoms with Crippen LogP contribution in [0.3, 0.4) is 0 Å². The average Bonchev–Trinajstić information content (AvgIpc) is 2.65. The van der Waals surface area contributed by atoms with Crippen molar-refractivity contribution >= 4 is 17.7 Å². The van der Waals surface area contributed by atoms with Gasteiger partial charge in [0, 0.05) is 5.69 Å². The zero-order valence-corrected chi connectivity index (χ0v) is 15.2. The van der Waals surface area contributed by atoms with Gasteiger partial charge in [0.1, 0.15) is 12.4 Å². The maximum Gasteiger partial charge on any atom is 0.337 e. The van der Waals surface area contributed by atoms with Crippen molar-refractivity contribution in [1.29, 1.82) is 0 Å². The monoisotopic (exact) mass is 356 g/mol. The molecule has 0 bridgehead atoms. The van der Waals surface area contributed by atoms with Gasteiger partial charge in [0.2, 0.25) is 0 Å². The molecule has 0 saturated carbocycles. The van der Waals surface area contributed by atoms with Crippen molar-refractivity contribution in [2.24, 2.45) is 0 Å². The number of esters is 1. The number of methoxy groups -OCH3 is 1. The fraction of sp³-hybridized carbons (Fsp3) is 0.300. The molecule has 0 saturated heterocycles. The standard InChI is InChI=1S/C20H24N2O4/c1-14(2)15-6-5-9-18(13-15)26-11-10-21-20(24)22-17-8-4-7-16(12-17)19(23)25-3/h4-9,12-14H,10-11H2,1-3H3,(H2,21,22,24). The van der Waals surface area contributed by atoms with Crippen LogP contribution in [0.5, 0.6) is 5.75 Å². The average molecular weight is 356 g/mol. The third-order valence-electron chi connectivity index (χ3n) is 3.72. The van der Waals surface area contributed by atoms with E-state index in [9.17, 15) is 9.59 Å². The molecule has 0 aliphatic heterocycles. The van der Waals surface area contributed by atoms with Gasteiger partial charge in [-0.3, -0.25) is 0 Å². The fourth-order valence-electron chi connectivity index (χ4n) is 2.31. The Kier molecular flexibility index (Phi) is 7.02. The smallest absolute Gasteiger partial charge is 0.337 e. The molecular weight excluding hydrogens is 332 g/mol. The summed E-state index contributed by atoms with van der Waals surface area (Å²) in [5.74, 6) is 0.762. The lowest BCUT2D eigenvalue weighted by Gasteiger charge is -2.11. The van der Waals surface area contributed by atoms with Crippen molar-refractivity contribution < 1.29 is 19.1 Å². The number of nitrogens with one attached hydrogen (secondary N) is 2. The van der Waals surface area contributed by atoms with Gasteiger partial charge in [-0.15, -0.1) is 0 Å². The van der Waals surface area contributed by atoms with E-state index in [1.165, 1.54) is 12.7 Å². The van der Waals surface area contributed by atoms with Crippen molar-refractivity contribution in [3.05, 3.63) is 59.7 Å². The molecule has 2 aromatic carbocycles. The molecule has 0 radical (unpaired) electrons. The highest BCUT2D eigenvalue weighted by Gasteiger charge is 2.07. The maximum atomic E-state index is 11.9. The van der Waals surface area contributed by atoms with Crippen LogP contribution < -0.4 is 15.4 Å². The Morgan fingerprint density at radius 3 is 2.58 bits per heavy atom. The lowest BCUT2D eigenvalue weighted by molar-refractivity contribution is 0.0600. The minimum Gasteiger partial charge on any atom is -0.492 e. The Labute approximate surface area is 153 Å². The molecule has 0 atom stereocenters. The summed E-state index contributed by atoms with van der Waals surface area (Å²) >= 11 is 0. The topological polar surface area (TPSA) is 76.7 Å². The van der Waals surface area contributed by atoms with Crippen LogP contribution in [-0.2, 0) is 4.74 Å². The minimum absolute atomic E-state index is 0.356. The van der Waals surface area contributed by atoms with E-state index in [-0.39, 0.29) is 6.03 Å². The van der Waals surface area contributed by atoms with Gasteiger partial charge in [0.15, 0.2) is 0 Å². The van der Waals surface area contributed by atoms with E-state index in [1.807, 2.05) is 18.2 Å². The van der Waals surface area contributed by atoms with Crippen molar-refractivity contribution in [2.45, 2.75) is 19.8 Å². The summed E-state index contributed by atoms with van der Waals surface area (Å²) in [6.07, 6.45) is 0. The Bertz CT molecular complexity index is 759. The van der Waals surface area contributed by atoms with Gasteiger partial charge in [0.05, 0.1) is 19.2 Å². The normalized spacial score (nSPS) is 10.3. The van der Waals surface area contributed by atoms with Crippen LogP contribution in [0.1, 0.15) is 35.7 Å². The SMILES string of the molecule is COC(=O)c1cccc(NC(=O)NCCOc2cccc(C(C)C)c2)c1. The highest BCUT2D eigenvalue weighted by molar-refractivity contribution is 5.93. The van der Waals surface area contributed by atoms with E-state index < -0.39 is 5.97 Å². The molecule has 0 aromatic heterocycles. The molecule has 138 valence electrons. The fourth-order valence-corrected chi connectivity index (χ4v) is 2.31. The molecule has 2 rings (SSSR count). The molecule has 6 nitrogen and oxygen atoms in total. The van der Waals surface area contributed by atoms with E-state index in [4.69, 9.17) is 4.74 Å². The number of rotatable bonds is 7. The van der Waals surface area contributed by atoms with Crippen LogP contribution in [0, 0.1) is 0 Å². The minimum atomic E-state index is -0.453. The molecule has 2 amide bonds. The highest BCUT2D eigenvalue weighted by Crippen LogP contribution is 2.19. The zero-order chi connectivity index (χ0) is 18.9. The number of amides is 2. The molecule has 0 fully saturated rings. The quantitative estimate of drug-likeness (QED) is 0.584. The second kappa shape index (κ2) is 9.46. The van der Waals surface area contributed by atoms with E-state index in [0.717, 1.165) is 5.75 Å². The van der Waals surface area contributed by atoms with E-state index in [1.54, 1.807) is 24.3 Å². The highest BCUT2D eigenvalue weighted by atomic mass is 16.5.